The van der Waals surface area contributed by atoms with Gasteiger partial charge in [0.2, 0.25) is 0 Å². The number of fused-ring (bicyclic) bond motifs is 1. The van der Waals surface area contributed by atoms with Crippen molar-refractivity contribution >= 4 is 23.4 Å². The van der Waals surface area contributed by atoms with E-state index in [4.69, 9.17) is 0 Å². The lowest BCUT2D eigenvalue weighted by Crippen LogP contribution is -2.29. The van der Waals surface area contributed by atoms with Gasteiger partial charge in [-0.25, -0.2) is 0 Å². The Morgan fingerprint density at radius 1 is 0.560 bits per heavy atom. The zero-order chi connectivity index (χ0) is 17.2. The molecule has 0 heterocycles. The Bertz CT molecular complexity index is 1030. The van der Waals surface area contributed by atoms with Crippen LogP contribution in [0, 0.1) is 0 Å². The van der Waals surface area contributed by atoms with Crippen LogP contribution in [0.2, 0.25) is 0 Å². The predicted molar refractivity (Wildman–Crippen MR) is 105 cm³/mol. The second kappa shape index (κ2) is 6.56. The Morgan fingerprint density at radius 3 is 2.08 bits per heavy atom. The first-order chi connectivity index (χ1) is 12.2. The Balaban J connectivity index is 1.89. The van der Waals surface area contributed by atoms with Crippen molar-refractivity contribution in [2.45, 2.75) is 0 Å². The van der Waals surface area contributed by atoms with Gasteiger partial charge in [0, 0.05) is 0 Å². The first kappa shape index (κ1) is 15.6. The molecule has 0 atom stereocenters. The van der Waals surface area contributed by atoms with Gasteiger partial charge in [-0.1, -0.05) is 84.9 Å². The molecule has 4 aromatic rings. The van der Waals surface area contributed by atoms with Crippen molar-refractivity contribution in [3.63, 3.8) is 0 Å². The molecule has 0 aromatic heterocycles. The van der Waals surface area contributed by atoms with Crippen molar-refractivity contribution in [1.29, 1.82) is 0 Å². The lowest BCUT2D eigenvalue weighted by Gasteiger charge is -2.11. The van der Waals surface area contributed by atoms with Gasteiger partial charge >= 0.3 is 7.12 Å². The third-order valence-electron chi connectivity index (χ3n) is 4.49. The molecule has 0 aliphatic heterocycles. The summed E-state index contributed by atoms with van der Waals surface area (Å²) in [6.07, 6.45) is 0. The van der Waals surface area contributed by atoms with E-state index in [1.54, 1.807) is 6.07 Å². The second-order valence-electron chi connectivity index (χ2n) is 6.11. The molecule has 0 spiro atoms. The Labute approximate surface area is 147 Å². The summed E-state index contributed by atoms with van der Waals surface area (Å²) in [6, 6.07) is 30.4. The minimum Gasteiger partial charge on any atom is -0.423 e. The van der Waals surface area contributed by atoms with Crippen LogP contribution in [0.4, 0.5) is 0 Å². The maximum absolute atomic E-state index is 9.49. The normalized spacial score (nSPS) is 10.8. The molecule has 25 heavy (non-hydrogen) atoms. The largest absolute Gasteiger partial charge is 0.488 e. The molecule has 0 amide bonds. The fourth-order valence-corrected chi connectivity index (χ4v) is 3.20. The molecule has 4 rings (SSSR count). The molecule has 2 N–H and O–H groups in total. The molecule has 0 saturated carbocycles. The Hall–Kier alpha value is -2.88. The summed E-state index contributed by atoms with van der Waals surface area (Å²) in [5.74, 6) is 0. The summed E-state index contributed by atoms with van der Waals surface area (Å²) < 4.78 is 0. The van der Waals surface area contributed by atoms with E-state index in [0.717, 1.165) is 27.5 Å². The van der Waals surface area contributed by atoms with Crippen molar-refractivity contribution in [3.8, 4) is 22.3 Å². The molecule has 0 saturated heterocycles. The molecule has 0 aliphatic rings. The lowest BCUT2D eigenvalue weighted by molar-refractivity contribution is 0.426. The molecule has 0 radical (unpaired) electrons. The monoisotopic (exact) mass is 324 g/mol. The van der Waals surface area contributed by atoms with Crippen molar-refractivity contribution in [2.24, 2.45) is 0 Å². The summed E-state index contributed by atoms with van der Waals surface area (Å²) in [7, 11) is -1.46. The highest BCUT2D eigenvalue weighted by Crippen LogP contribution is 2.31. The third-order valence-corrected chi connectivity index (χ3v) is 4.49. The van der Waals surface area contributed by atoms with Gasteiger partial charge in [-0.15, -0.1) is 0 Å². The van der Waals surface area contributed by atoms with Crippen LogP contribution in [0.25, 0.3) is 33.0 Å². The quantitative estimate of drug-likeness (QED) is 0.562. The van der Waals surface area contributed by atoms with E-state index < -0.39 is 7.12 Å². The Kier molecular flexibility index (Phi) is 4.10. The third kappa shape index (κ3) is 3.08. The highest BCUT2D eigenvalue weighted by Gasteiger charge is 2.13. The summed E-state index contributed by atoms with van der Waals surface area (Å²) >= 11 is 0. The van der Waals surface area contributed by atoms with Crippen LogP contribution < -0.4 is 5.46 Å². The van der Waals surface area contributed by atoms with E-state index in [0.29, 0.717) is 5.46 Å². The number of benzene rings is 4. The van der Waals surface area contributed by atoms with Crippen molar-refractivity contribution < 1.29 is 10.0 Å². The first-order valence-electron chi connectivity index (χ1n) is 8.27. The highest BCUT2D eigenvalue weighted by molar-refractivity contribution is 6.59. The van der Waals surface area contributed by atoms with E-state index in [1.165, 1.54) is 5.56 Å². The maximum Gasteiger partial charge on any atom is 0.488 e. The van der Waals surface area contributed by atoms with Crippen LogP contribution in [0.3, 0.4) is 0 Å². The molecule has 0 unspecified atom stereocenters. The van der Waals surface area contributed by atoms with Gasteiger partial charge in [-0.05, 0) is 44.6 Å². The number of hydrogen-bond donors (Lipinski definition) is 2. The van der Waals surface area contributed by atoms with Crippen LogP contribution in [0.15, 0.2) is 91.0 Å². The van der Waals surface area contributed by atoms with Crippen LogP contribution >= 0.6 is 0 Å². The molecule has 2 nitrogen and oxygen atoms in total. The van der Waals surface area contributed by atoms with E-state index in [2.05, 4.69) is 42.5 Å². The van der Waals surface area contributed by atoms with Gasteiger partial charge in [0.05, 0.1) is 0 Å². The zero-order valence-electron chi connectivity index (χ0n) is 13.6. The minimum atomic E-state index is -1.46. The minimum absolute atomic E-state index is 0.499. The van der Waals surface area contributed by atoms with Gasteiger partial charge in [-0.2, -0.15) is 0 Å². The van der Waals surface area contributed by atoms with Crippen LogP contribution in [-0.2, 0) is 0 Å². The van der Waals surface area contributed by atoms with E-state index >= 15 is 0 Å². The molecule has 0 aliphatic carbocycles. The summed E-state index contributed by atoms with van der Waals surface area (Å²) in [4.78, 5) is 0. The Morgan fingerprint density at radius 2 is 1.28 bits per heavy atom. The average molecular weight is 324 g/mol. The van der Waals surface area contributed by atoms with Gasteiger partial charge in [-0.3, -0.25) is 0 Å². The first-order valence-corrected chi connectivity index (χ1v) is 8.27. The van der Waals surface area contributed by atoms with E-state index in [1.807, 2.05) is 42.5 Å². The molecule has 120 valence electrons. The summed E-state index contributed by atoms with van der Waals surface area (Å²) in [5, 5.41) is 21.1. The molecule has 0 fully saturated rings. The molecule has 4 aromatic carbocycles. The van der Waals surface area contributed by atoms with Crippen molar-refractivity contribution in [1.82, 2.24) is 0 Å². The SMILES string of the molecule is OB(O)c1ccc2cccc(-c3cccc(-c4ccccc4)c3)c2c1. The lowest BCUT2D eigenvalue weighted by atomic mass is 9.78. The van der Waals surface area contributed by atoms with E-state index in [-0.39, 0.29) is 0 Å². The summed E-state index contributed by atoms with van der Waals surface area (Å²) in [6.45, 7) is 0. The van der Waals surface area contributed by atoms with Gasteiger partial charge in [0.1, 0.15) is 0 Å². The topological polar surface area (TPSA) is 40.5 Å². The number of hydrogen-bond acceptors (Lipinski definition) is 2. The fraction of sp³-hybridized carbons (Fsp3) is 0. The molecule has 0 bridgehead atoms. The maximum atomic E-state index is 9.49. The van der Waals surface area contributed by atoms with Gasteiger partial charge < -0.3 is 10.0 Å². The van der Waals surface area contributed by atoms with E-state index in [9.17, 15) is 10.0 Å². The predicted octanol–water partition coefficient (Wildman–Crippen LogP) is 3.85. The zero-order valence-corrected chi connectivity index (χ0v) is 13.6. The average Bonchev–Trinajstić information content (AvgIpc) is 2.68. The van der Waals surface area contributed by atoms with Crippen LogP contribution in [-0.4, -0.2) is 17.2 Å². The van der Waals surface area contributed by atoms with Crippen LogP contribution in [0.1, 0.15) is 0 Å². The standard InChI is InChI=1S/C22H17BO2/c24-23(25)20-13-12-17-8-5-11-21(22(17)15-20)19-10-4-9-18(14-19)16-6-2-1-3-7-16/h1-15,24-25H. The fourth-order valence-electron chi connectivity index (χ4n) is 3.20. The molecule has 3 heteroatoms. The smallest absolute Gasteiger partial charge is 0.423 e. The molecular weight excluding hydrogens is 307 g/mol. The second-order valence-corrected chi connectivity index (χ2v) is 6.11. The van der Waals surface area contributed by atoms with Crippen molar-refractivity contribution in [2.75, 3.05) is 0 Å². The highest BCUT2D eigenvalue weighted by atomic mass is 16.4. The number of rotatable bonds is 3. The summed E-state index contributed by atoms with van der Waals surface area (Å²) in [5.41, 5.74) is 5.03. The van der Waals surface area contributed by atoms with Gasteiger partial charge in [0.25, 0.3) is 0 Å². The van der Waals surface area contributed by atoms with Gasteiger partial charge in [0.15, 0.2) is 0 Å². The van der Waals surface area contributed by atoms with Crippen molar-refractivity contribution in [3.05, 3.63) is 91.0 Å². The molecular formula is C22H17BO2. The van der Waals surface area contributed by atoms with Crippen LogP contribution in [0.5, 0.6) is 0 Å².